The largest absolute Gasteiger partial charge is 0.309 e. The van der Waals surface area contributed by atoms with Crippen LogP contribution in [-0.2, 0) is 4.79 Å². The molecule has 46 heavy (non-hydrogen) atoms. The first-order valence-electron chi connectivity index (χ1n) is 20.0. The van der Waals surface area contributed by atoms with Gasteiger partial charge >= 0.3 is 0 Å². The minimum atomic E-state index is 0.423. The lowest BCUT2D eigenvalue weighted by molar-refractivity contribution is -0.111. The minimum Gasteiger partial charge on any atom is -0.309 e. The molecule has 0 atom stereocenters. The molecule has 2 nitrogen and oxygen atoms in total. The van der Waals surface area contributed by atoms with Crippen LogP contribution in [0.3, 0.4) is 0 Å². The second-order valence-electron chi connectivity index (χ2n) is 13.8. The molecule has 0 aromatic carbocycles. The monoisotopic (exact) mass is 658 g/mol. The van der Waals surface area contributed by atoms with Gasteiger partial charge in [-0.05, 0) is 104 Å². The Bertz CT molecular complexity index is 689. The van der Waals surface area contributed by atoms with Crippen LogP contribution in [0, 0.1) is 0 Å². The summed E-state index contributed by atoms with van der Waals surface area (Å²) in [6.07, 6.45) is 54.1. The first-order chi connectivity index (χ1) is 22.6. The third kappa shape index (κ3) is 37.4. The maximum atomic E-state index is 12.7. The van der Waals surface area contributed by atoms with Gasteiger partial charge in [-0.1, -0.05) is 164 Å². The van der Waals surface area contributed by atoms with Crippen molar-refractivity contribution in [3.8, 4) is 0 Å². The fourth-order valence-corrected chi connectivity index (χ4v) is 6.97. The van der Waals surface area contributed by atoms with Gasteiger partial charge < -0.3 is 4.90 Å². The maximum Gasteiger partial charge on any atom is 0.189 e. The van der Waals surface area contributed by atoms with Gasteiger partial charge in [0.05, 0.1) is 0 Å². The summed E-state index contributed by atoms with van der Waals surface area (Å²) in [5, 5.41) is 0.954. The summed E-state index contributed by atoms with van der Waals surface area (Å²) in [5.41, 5.74) is 0. The summed E-state index contributed by atoms with van der Waals surface area (Å²) in [6, 6.07) is 0. The van der Waals surface area contributed by atoms with E-state index in [1.54, 1.807) is 11.8 Å². The third-order valence-electron chi connectivity index (χ3n) is 8.74. The van der Waals surface area contributed by atoms with Crippen LogP contribution in [0.2, 0.25) is 0 Å². The van der Waals surface area contributed by atoms with Crippen molar-refractivity contribution in [2.24, 2.45) is 0 Å². The van der Waals surface area contributed by atoms with Crippen molar-refractivity contribution in [3.05, 3.63) is 48.6 Å². The molecule has 268 valence electrons. The highest BCUT2D eigenvalue weighted by atomic mass is 32.2. The van der Waals surface area contributed by atoms with E-state index >= 15 is 0 Å². The Morgan fingerprint density at radius 1 is 0.500 bits per heavy atom. The summed E-state index contributed by atoms with van der Waals surface area (Å²) in [5.74, 6) is 0. The number of thioether (sulfide) groups is 1. The van der Waals surface area contributed by atoms with E-state index in [9.17, 15) is 4.79 Å². The molecule has 0 aromatic heterocycles. The number of rotatable bonds is 35. The zero-order valence-electron chi connectivity index (χ0n) is 31.5. The Labute approximate surface area is 293 Å². The van der Waals surface area contributed by atoms with E-state index in [-0.39, 0.29) is 0 Å². The van der Waals surface area contributed by atoms with Crippen LogP contribution in [0.15, 0.2) is 48.6 Å². The zero-order valence-corrected chi connectivity index (χ0v) is 32.3. The van der Waals surface area contributed by atoms with Gasteiger partial charge in [-0.15, -0.1) is 0 Å². The molecule has 0 N–H and O–H groups in total. The molecule has 0 heterocycles. The Morgan fingerprint density at radius 3 is 1.26 bits per heavy atom. The van der Waals surface area contributed by atoms with Crippen LogP contribution < -0.4 is 0 Å². The van der Waals surface area contributed by atoms with E-state index in [1.807, 2.05) is 0 Å². The van der Waals surface area contributed by atoms with Gasteiger partial charge in [-0.25, -0.2) is 0 Å². The van der Waals surface area contributed by atoms with Gasteiger partial charge in [0.15, 0.2) is 5.12 Å². The third-order valence-corrected chi connectivity index (χ3v) is 10.0. The van der Waals surface area contributed by atoms with Crippen molar-refractivity contribution in [2.45, 2.75) is 199 Å². The Morgan fingerprint density at radius 2 is 0.870 bits per heavy atom. The Hall–Kier alpha value is -1.06. The van der Waals surface area contributed by atoms with Crippen molar-refractivity contribution in [1.82, 2.24) is 4.90 Å². The molecular weight excluding hydrogens is 579 g/mol. The lowest BCUT2D eigenvalue weighted by Gasteiger charge is -2.16. The lowest BCUT2D eigenvalue weighted by atomic mass is 10.0. The highest BCUT2D eigenvalue weighted by Crippen LogP contribution is 2.26. The fraction of sp³-hybridized carbons (Fsp3) is 0.791. The van der Waals surface area contributed by atoms with Crippen molar-refractivity contribution >= 4 is 16.9 Å². The molecule has 3 heteroatoms. The highest BCUT2D eigenvalue weighted by Gasteiger charge is 2.14. The number of carbonyl (C=O) groups excluding carboxylic acids is 1. The first-order valence-corrected chi connectivity index (χ1v) is 20.9. The van der Waals surface area contributed by atoms with Gasteiger partial charge in [0.2, 0.25) is 0 Å². The summed E-state index contributed by atoms with van der Waals surface area (Å²) in [7, 11) is 4.19. The first kappa shape index (κ1) is 44.9. The van der Waals surface area contributed by atoms with Crippen LogP contribution in [0.4, 0.5) is 0 Å². The second-order valence-corrected chi connectivity index (χ2v) is 15.1. The van der Waals surface area contributed by atoms with E-state index in [2.05, 4.69) is 81.5 Å². The van der Waals surface area contributed by atoms with Gasteiger partial charge in [0.25, 0.3) is 0 Å². The maximum absolute atomic E-state index is 12.7. The molecule has 0 aromatic rings. The van der Waals surface area contributed by atoms with Crippen molar-refractivity contribution in [1.29, 1.82) is 0 Å². The molecule has 0 aliphatic rings. The molecule has 0 aliphatic carbocycles. The molecule has 0 spiro atoms. The summed E-state index contributed by atoms with van der Waals surface area (Å²) in [4.78, 5) is 14.9. The van der Waals surface area contributed by atoms with Crippen LogP contribution in [0.5, 0.6) is 0 Å². The predicted octanol–water partition coefficient (Wildman–Crippen LogP) is 14.4. The molecular formula is C43H79NOS. The Kier molecular flexibility index (Phi) is 37.5. The predicted molar refractivity (Wildman–Crippen MR) is 212 cm³/mol. The molecule has 0 rings (SSSR count). The molecule has 0 radical (unpaired) electrons. The van der Waals surface area contributed by atoms with Crippen molar-refractivity contribution < 1.29 is 4.79 Å². The van der Waals surface area contributed by atoms with E-state index in [4.69, 9.17) is 0 Å². The van der Waals surface area contributed by atoms with Crippen LogP contribution in [-0.4, -0.2) is 35.9 Å². The van der Waals surface area contributed by atoms with E-state index in [1.165, 1.54) is 154 Å². The van der Waals surface area contributed by atoms with Gasteiger partial charge in [0.1, 0.15) is 0 Å². The molecule has 0 saturated heterocycles. The molecule has 0 aliphatic heterocycles. The van der Waals surface area contributed by atoms with Gasteiger partial charge in [-0.2, -0.15) is 0 Å². The standard InChI is InChI=1S/C43H79NOS/c1-5-7-9-11-13-15-17-19-21-23-25-27-29-31-33-35-38-42(46-43(45)40-37-41-44(3)4)39-36-34-32-30-28-26-24-22-20-18-16-14-12-10-8-6-2/h13-16,19-22,42H,5-12,17-18,23-41H2,1-4H3/b15-13+,16-14+,21-19+,22-20+. The zero-order chi connectivity index (χ0) is 33.6. The minimum absolute atomic E-state index is 0.423. The number of hydrogen-bond donors (Lipinski definition) is 0. The fourth-order valence-electron chi connectivity index (χ4n) is 5.77. The summed E-state index contributed by atoms with van der Waals surface area (Å²) in [6.45, 7) is 5.54. The smallest absolute Gasteiger partial charge is 0.189 e. The highest BCUT2D eigenvalue weighted by molar-refractivity contribution is 8.14. The van der Waals surface area contributed by atoms with Crippen molar-refractivity contribution in [3.63, 3.8) is 0 Å². The average Bonchev–Trinajstić information content (AvgIpc) is 3.04. The van der Waals surface area contributed by atoms with Crippen LogP contribution >= 0.6 is 11.8 Å². The normalized spacial score (nSPS) is 12.5. The lowest BCUT2D eigenvalue weighted by Crippen LogP contribution is -2.14. The van der Waals surface area contributed by atoms with E-state index in [0.717, 1.165) is 32.2 Å². The van der Waals surface area contributed by atoms with Gasteiger partial charge in [0, 0.05) is 11.7 Å². The van der Waals surface area contributed by atoms with E-state index in [0.29, 0.717) is 10.4 Å². The number of nitrogens with zero attached hydrogens (tertiary/aromatic N) is 1. The number of hydrogen-bond acceptors (Lipinski definition) is 3. The summed E-state index contributed by atoms with van der Waals surface area (Å²) >= 11 is 1.69. The van der Waals surface area contributed by atoms with Crippen LogP contribution in [0.25, 0.3) is 0 Å². The number of allylic oxidation sites excluding steroid dienone is 8. The molecule has 0 bridgehead atoms. The SMILES string of the molecule is CCCCC/C=C/C/C=C/CCCCCCCCC(CCCCCCCC/C=C/C/C=C/CCCCC)SC(=O)CCCN(C)C. The topological polar surface area (TPSA) is 20.3 Å². The average molecular weight is 658 g/mol. The van der Waals surface area contributed by atoms with E-state index < -0.39 is 0 Å². The quantitative estimate of drug-likeness (QED) is 0.0500. The Balaban J connectivity index is 4.01. The second kappa shape index (κ2) is 38.4. The van der Waals surface area contributed by atoms with Crippen LogP contribution in [0.1, 0.15) is 194 Å². The number of unbranched alkanes of at least 4 members (excludes halogenated alkanes) is 18. The van der Waals surface area contributed by atoms with Gasteiger partial charge in [-0.3, -0.25) is 4.79 Å². The molecule has 0 fully saturated rings. The molecule has 0 saturated carbocycles. The molecule has 0 amide bonds. The number of carbonyl (C=O) groups is 1. The van der Waals surface area contributed by atoms with Crippen molar-refractivity contribution in [2.75, 3.05) is 20.6 Å². The summed E-state index contributed by atoms with van der Waals surface area (Å²) < 4.78 is 0. The molecule has 0 unspecified atom stereocenters.